The van der Waals surface area contributed by atoms with Gasteiger partial charge in [0.25, 0.3) is 11.8 Å². The third-order valence-corrected chi connectivity index (χ3v) is 5.76. The van der Waals surface area contributed by atoms with Gasteiger partial charge >= 0.3 is 0 Å². The molecule has 2 amide bonds. The number of benzene rings is 2. The van der Waals surface area contributed by atoms with Crippen molar-refractivity contribution < 1.29 is 14.7 Å². The largest absolute Gasteiger partial charge is 0.396 e. The van der Waals surface area contributed by atoms with Gasteiger partial charge in [0.15, 0.2) is 0 Å². The molecule has 0 radical (unpaired) electrons. The summed E-state index contributed by atoms with van der Waals surface area (Å²) >= 11 is 1.23. The van der Waals surface area contributed by atoms with Crippen LogP contribution in [-0.2, 0) is 15.0 Å². The number of nitrogens with zero attached hydrogens (tertiary/aromatic N) is 1. The molecule has 0 atom stereocenters. The van der Waals surface area contributed by atoms with Crippen LogP contribution in [0.25, 0.3) is 5.57 Å². The van der Waals surface area contributed by atoms with Crippen molar-refractivity contribution in [2.75, 3.05) is 17.3 Å². The Kier molecular flexibility index (Phi) is 5.77. The van der Waals surface area contributed by atoms with Gasteiger partial charge in [-0.1, -0.05) is 62.7 Å². The summed E-state index contributed by atoms with van der Waals surface area (Å²) in [6, 6.07) is 15.1. The first kappa shape index (κ1) is 20.4. The molecular formula is C23H25NO3S. The van der Waals surface area contributed by atoms with Crippen molar-refractivity contribution >= 4 is 34.8 Å². The molecule has 0 saturated heterocycles. The van der Waals surface area contributed by atoms with Crippen molar-refractivity contribution in [1.82, 2.24) is 0 Å². The van der Waals surface area contributed by atoms with E-state index in [9.17, 15) is 14.7 Å². The highest BCUT2D eigenvalue weighted by molar-refractivity contribution is 8.04. The Morgan fingerprint density at radius 2 is 1.54 bits per heavy atom. The van der Waals surface area contributed by atoms with E-state index in [1.165, 1.54) is 16.7 Å². The van der Waals surface area contributed by atoms with E-state index in [0.29, 0.717) is 21.9 Å². The maximum atomic E-state index is 13.2. The minimum atomic E-state index is -0.331. The Bertz CT molecular complexity index is 922. The SMILES string of the molecule is Cc1ccc(C2=C(SCCO)C(=O)N(c3ccc(C(C)(C)C)cc3)C2=O)cc1. The van der Waals surface area contributed by atoms with E-state index in [4.69, 9.17) is 0 Å². The zero-order valence-corrected chi connectivity index (χ0v) is 17.5. The Balaban J connectivity index is 2.01. The highest BCUT2D eigenvalue weighted by Gasteiger charge is 2.40. The van der Waals surface area contributed by atoms with Gasteiger partial charge in [0, 0.05) is 5.75 Å². The first-order valence-corrected chi connectivity index (χ1v) is 10.3. The van der Waals surface area contributed by atoms with E-state index in [2.05, 4.69) is 20.8 Å². The van der Waals surface area contributed by atoms with Crippen LogP contribution < -0.4 is 4.90 Å². The van der Waals surface area contributed by atoms with Crippen LogP contribution in [0.1, 0.15) is 37.5 Å². The molecule has 0 fully saturated rings. The van der Waals surface area contributed by atoms with Gasteiger partial charge < -0.3 is 5.11 Å². The first-order chi connectivity index (χ1) is 13.2. The maximum absolute atomic E-state index is 13.2. The number of carbonyl (C=O) groups excluding carboxylic acids is 2. The Morgan fingerprint density at radius 3 is 2.07 bits per heavy atom. The molecule has 28 heavy (non-hydrogen) atoms. The molecule has 0 bridgehead atoms. The van der Waals surface area contributed by atoms with E-state index in [0.717, 1.165) is 16.7 Å². The molecule has 0 saturated carbocycles. The van der Waals surface area contributed by atoms with Crippen LogP contribution in [0.3, 0.4) is 0 Å². The number of rotatable bonds is 5. The maximum Gasteiger partial charge on any atom is 0.272 e. The van der Waals surface area contributed by atoms with Crippen molar-refractivity contribution in [3.8, 4) is 0 Å². The quantitative estimate of drug-likeness (QED) is 0.767. The molecule has 5 heteroatoms. The number of aliphatic hydroxyl groups excluding tert-OH is 1. The second kappa shape index (κ2) is 7.94. The molecular weight excluding hydrogens is 370 g/mol. The molecule has 0 spiro atoms. The fourth-order valence-electron chi connectivity index (χ4n) is 3.11. The molecule has 1 N–H and O–H groups in total. The lowest BCUT2D eigenvalue weighted by molar-refractivity contribution is -0.119. The van der Waals surface area contributed by atoms with Gasteiger partial charge in [-0.3, -0.25) is 9.59 Å². The Labute approximate surface area is 170 Å². The second-order valence-electron chi connectivity index (χ2n) is 7.88. The van der Waals surface area contributed by atoms with E-state index in [1.54, 1.807) is 0 Å². The molecule has 2 aromatic carbocycles. The molecule has 1 aliphatic heterocycles. The number of aryl methyl sites for hydroxylation is 1. The molecule has 1 aliphatic rings. The number of hydrogen-bond acceptors (Lipinski definition) is 4. The minimum absolute atomic E-state index is 0.00892. The molecule has 2 aromatic rings. The van der Waals surface area contributed by atoms with Crippen LogP contribution in [0.2, 0.25) is 0 Å². The average Bonchev–Trinajstić information content (AvgIpc) is 2.90. The van der Waals surface area contributed by atoms with E-state index >= 15 is 0 Å². The van der Waals surface area contributed by atoms with E-state index in [-0.39, 0.29) is 23.8 Å². The van der Waals surface area contributed by atoms with Crippen LogP contribution in [0.4, 0.5) is 5.69 Å². The molecule has 4 nitrogen and oxygen atoms in total. The summed E-state index contributed by atoms with van der Waals surface area (Å²) in [7, 11) is 0. The van der Waals surface area contributed by atoms with Crippen molar-refractivity contribution in [3.05, 3.63) is 70.1 Å². The van der Waals surface area contributed by atoms with Gasteiger partial charge in [0.05, 0.1) is 22.8 Å². The Hall–Kier alpha value is -2.37. The fraction of sp³-hybridized carbons (Fsp3) is 0.304. The summed E-state index contributed by atoms with van der Waals surface area (Å²) in [5.74, 6) is -0.291. The normalized spacial score (nSPS) is 15.0. The van der Waals surface area contributed by atoms with E-state index < -0.39 is 0 Å². The number of aliphatic hydroxyl groups is 1. The van der Waals surface area contributed by atoms with Crippen LogP contribution in [0.5, 0.6) is 0 Å². The third kappa shape index (κ3) is 3.91. The highest BCUT2D eigenvalue weighted by Crippen LogP contribution is 2.38. The minimum Gasteiger partial charge on any atom is -0.396 e. The van der Waals surface area contributed by atoms with Gasteiger partial charge in [0.2, 0.25) is 0 Å². The predicted molar refractivity (Wildman–Crippen MR) is 115 cm³/mol. The van der Waals surface area contributed by atoms with Crippen LogP contribution >= 0.6 is 11.8 Å². The summed E-state index contributed by atoms with van der Waals surface area (Å²) in [6.45, 7) is 8.28. The van der Waals surface area contributed by atoms with Gasteiger partial charge in [-0.25, -0.2) is 4.90 Å². The number of thioether (sulfide) groups is 1. The molecule has 0 aromatic heterocycles. The molecule has 3 rings (SSSR count). The standard InChI is InChI=1S/C23H25NO3S/c1-15-5-7-16(8-6-15)19-20(28-14-13-25)22(27)24(21(19)26)18-11-9-17(10-12-18)23(2,3)4/h5-12,25H,13-14H2,1-4H3. The zero-order chi connectivity index (χ0) is 20.5. The third-order valence-electron chi connectivity index (χ3n) is 4.71. The summed E-state index contributed by atoms with van der Waals surface area (Å²) in [4.78, 5) is 28.0. The van der Waals surface area contributed by atoms with Crippen LogP contribution in [0, 0.1) is 6.92 Å². The molecule has 0 unspecified atom stereocenters. The van der Waals surface area contributed by atoms with Gasteiger partial charge in [-0.05, 0) is 35.6 Å². The topological polar surface area (TPSA) is 57.6 Å². The van der Waals surface area contributed by atoms with Crippen LogP contribution in [0.15, 0.2) is 53.4 Å². The number of carbonyl (C=O) groups is 2. The van der Waals surface area contributed by atoms with Gasteiger partial charge in [0.1, 0.15) is 0 Å². The van der Waals surface area contributed by atoms with Crippen molar-refractivity contribution in [2.45, 2.75) is 33.1 Å². The first-order valence-electron chi connectivity index (χ1n) is 9.28. The molecule has 0 aliphatic carbocycles. The summed E-state index contributed by atoms with van der Waals surface area (Å²) in [6.07, 6.45) is 0. The fourth-order valence-corrected chi connectivity index (χ4v) is 3.97. The smallest absolute Gasteiger partial charge is 0.272 e. The van der Waals surface area contributed by atoms with Crippen molar-refractivity contribution in [1.29, 1.82) is 0 Å². The molecule has 1 heterocycles. The summed E-state index contributed by atoms with van der Waals surface area (Å²) in [5, 5.41) is 9.21. The van der Waals surface area contributed by atoms with Gasteiger partial charge in [-0.15, -0.1) is 11.8 Å². The Morgan fingerprint density at radius 1 is 0.929 bits per heavy atom. The lowest BCUT2D eigenvalue weighted by Crippen LogP contribution is -2.31. The van der Waals surface area contributed by atoms with Crippen molar-refractivity contribution in [2.24, 2.45) is 0 Å². The summed E-state index contributed by atoms with van der Waals surface area (Å²) in [5.41, 5.74) is 3.90. The van der Waals surface area contributed by atoms with Crippen LogP contribution in [-0.4, -0.2) is 29.3 Å². The lowest BCUT2D eigenvalue weighted by Gasteiger charge is -2.21. The average molecular weight is 396 g/mol. The highest BCUT2D eigenvalue weighted by atomic mass is 32.2. The predicted octanol–water partition coefficient (Wildman–Crippen LogP) is 4.30. The zero-order valence-electron chi connectivity index (χ0n) is 16.7. The molecule has 146 valence electrons. The monoisotopic (exact) mass is 395 g/mol. The number of imide groups is 1. The summed E-state index contributed by atoms with van der Waals surface area (Å²) < 4.78 is 0. The number of hydrogen-bond donors (Lipinski definition) is 1. The van der Waals surface area contributed by atoms with E-state index in [1.807, 2.05) is 55.5 Å². The number of anilines is 1. The second-order valence-corrected chi connectivity index (χ2v) is 8.99. The number of amides is 2. The van der Waals surface area contributed by atoms with Gasteiger partial charge in [-0.2, -0.15) is 0 Å². The lowest BCUT2D eigenvalue weighted by atomic mass is 9.87. The van der Waals surface area contributed by atoms with Crippen molar-refractivity contribution in [3.63, 3.8) is 0 Å².